The van der Waals surface area contributed by atoms with E-state index in [0.29, 0.717) is 11.5 Å². The highest BCUT2D eigenvalue weighted by atomic mass is 16.5. The summed E-state index contributed by atoms with van der Waals surface area (Å²) in [6.45, 7) is 1.63. The molecule has 116 valence electrons. The zero-order valence-corrected chi connectivity index (χ0v) is 12.0. The van der Waals surface area contributed by atoms with Crippen LogP contribution in [0.4, 0.5) is 0 Å². The zero-order chi connectivity index (χ0) is 15.7. The normalized spacial score (nSPS) is 11.5. The molecule has 0 fully saturated rings. The van der Waals surface area contributed by atoms with E-state index in [1.807, 2.05) is 0 Å². The molecule has 0 saturated heterocycles. The molecule has 0 spiro atoms. The van der Waals surface area contributed by atoms with Gasteiger partial charge in [0, 0.05) is 12.6 Å². The summed E-state index contributed by atoms with van der Waals surface area (Å²) in [5.41, 5.74) is 0. The standard InChI is InChI=1S/C14H19NO6/c1-10(14(17)18)20-7-6-15-13(16)9-21-12-5-3-4-11(8-12)19-2/h3-5,8,10H,6-7,9H2,1-2H3,(H,15,16)(H,17,18). The maximum Gasteiger partial charge on any atom is 0.332 e. The largest absolute Gasteiger partial charge is 0.497 e. The molecule has 0 saturated carbocycles. The summed E-state index contributed by atoms with van der Waals surface area (Å²) in [4.78, 5) is 22.0. The Bertz CT molecular complexity index is 476. The lowest BCUT2D eigenvalue weighted by Gasteiger charge is -2.10. The van der Waals surface area contributed by atoms with Gasteiger partial charge in [0.15, 0.2) is 12.7 Å². The molecule has 0 aromatic heterocycles. The van der Waals surface area contributed by atoms with Crippen LogP contribution in [-0.4, -0.2) is 50.0 Å². The topological polar surface area (TPSA) is 94.1 Å². The van der Waals surface area contributed by atoms with Gasteiger partial charge in [-0.3, -0.25) is 4.79 Å². The minimum Gasteiger partial charge on any atom is -0.497 e. The van der Waals surface area contributed by atoms with Gasteiger partial charge in [-0.2, -0.15) is 0 Å². The second-order valence-electron chi connectivity index (χ2n) is 4.17. The Kier molecular flexibility index (Phi) is 7.03. The number of benzene rings is 1. The third-order valence-corrected chi connectivity index (χ3v) is 2.55. The SMILES string of the molecule is COc1cccc(OCC(=O)NCCOC(C)C(=O)O)c1. The molecule has 0 aliphatic carbocycles. The summed E-state index contributed by atoms with van der Waals surface area (Å²) in [7, 11) is 1.55. The summed E-state index contributed by atoms with van der Waals surface area (Å²) in [5.74, 6) is -0.184. The molecular weight excluding hydrogens is 278 g/mol. The van der Waals surface area contributed by atoms with E-state index in [1.165, 1.54) is 6.92 Å². The summed E-state index contributed by atoms with van der Waals surface area (Å²) >= 11 is 0. The van der Waals surface area contributed by atoms with Crippen molar-refractivity contribution in [3.05, 3.63) is 24.3 Å². The van der Waals surface area contributed by atoms with Crippen LogP contribution in [0.15, 0.2) is 24.3 Å². The molecule has 2 N–H and O–H groups in total. The van der Waals surface area contributed by atoms with E-state index in [1.54, 1.807) is 31.4 Å². The Morgan fingerprint density at radius 2 is 2.05 bits per heavy atom. The molecule has 1 amide bonds. The minimum absolute atomic E-state index is 0.123. The lowest BCUT2D eigenvalue weighted by molar-refractivity contribution is -0.149. The summed E-state index contributed by atoms with van der Waals surface area (Å²) in [6, 6.07) is 6.92. The molecule has 1 rings (SSSR count). The lowest BCUT2D eigenvalue weighted by atomic mass is 10.3. The number of carboxylic acids is 1. The maximum atomic E-state index is 11.5. The first-order valence-corrected chi connectivity index (χ1v) is 6.41. The Hall–Kier alpha value is -2.28. The number of carboxylic acid groups (broad SMARTS) is 1. The van der Waals surface area contributed by atoms with Crippen LogP contribution in [0.1, 0.15) is 6.92 Å². The first-order valence-electron chi connectivity index (χ1n) is 6.41. The van der Waals surface area contributed by atoms with Crippen LogP contribution in [0.5, 0.6) is 11.5 Å². The fourth-order valence-electron chi connectivity index (χ4n) is 1.39. The van der Waals surface area contributed by atoms with Crippen molar-refractivity contribution in [3.8, 4) is 11.5 Å². The smallest absolute Gasteiger partial charge is 0.332 e. The van der Waals surface area contributed by atoms with Crippen LogP contribution in [0, 0.1) is 0 Å². The third-order valence-electron chi connectivity index (χ3n) is 2.55. The van der Waals surface area contributed by atoms with E-state index >= 15 is 0 Å². The van der Waals surface area contributed by atoms with Gasteiger partial charge < -0.3 is 24.6 Å². The first-order chi connectivity index (χ1) is 10.0. The number of carbonyl (C=O) groups excluding carboxylic acids is 1. The minimum atomic E-state index is -1.04. The van der Waals surface area contributed by atoms with Gasteiger partial charge in [-0.1, -0.05) is 6.07 Å². The van der Waals surface area contributed by atoms with Crippen LogP contribution in [0.25, 0.3) is 0 Å². The number of carbonyl (C=O) groups is 2. The van der Waals surface area contributed by atoms with E-state index < -0.39 is 12.1 Å². The number of rotatable bonds is 9. The quantitative estimate of drug-likeness (QED) is 0.651. The maximum absolute atomic E-state index is 11.5. The zero-order valence-electron chi connectivity index (χ0n) is 12.0. The number of nitrogens with one attached hydrogen (secondary N) is 1. The second kappa shape index (κ2) is 8.80. The van der Waals surface area contributed by atoms with Crippen molar-refractivity contribution < 1.29 is 28.9 Å². The summed E-state index contributed by atoms with van der Waals surface area (Å²) in [6.07, 6.45) is -0.894. The van der Waals surface area contributed by atoms with Crippen molar-refractivity contribution in [1.29, 1.82) is 0 Å². The molecule has 21 heavy (non-hydrogen) atoms. The number of hydrogen-bond acceptors (Lipinski definition) is 5. The van der Waals surface area contributed by atoms with Crippen molar-refractivity contribution in [2.75, 3.05) is 26.9 Å². The highest BCUT2D eigenvalue weighted by Crippen LogP contribution is 2.18. The van der Waals surface area contributed by atoms with Crippen molar-refractivity contribution in [2.24, 2.45) is 0 Å². The summed E-state index contributed by atoms with van der Waals surface area (Å²) in [5, 5.41) is 11.2. The molecule has 1 unspecified atom stereocenters. The molecule has 0 aliphatic heterocycles. The van der Waals surface area contributed by atoms with E-state index in [0.717, 1.165) is 0 Å². The second-order valence-corrected chi connectivity index (χ2v) is 4.17. The molecule has 0 radical (unpaired) electrons. The highest BCUT2D eigenvalue weighted by Gasteiger charge is 2.10. The molecule has 0 heterocycles. The molecule has 7 nitrogen and oxygen atoms in total. The van der Waals surface area contributed by atoms with Crippen molar-refractivity contribution >= 4 is 11.9 Å². The van der Waals surface area contributed by atoms with Gasteiger partial charge in [0.05, 0.1) is 13.7 Å². The van der Waals surface area contributed by atoms with Gasteiger partial charge in [-0.05, 0) is 19.1 Å². The fraction of sp³-hybridized carbons (Fsp3) is 0.429. The van der Waals surface area contributed by atoms with Gasteiger partial charge in [-0.25, -0.2) is 4.79 Å². The van der Waals surface area contributed by atoms with E-state index in [9.17, 15) is 9.59 Å². The number of methoxy groups -OCH3 is 1. The van der Waals surface area contributed by atoms with Gasteiger partial charge in [-0.15, -0.1) is 0 Å². The van der Waals surface area contributed by atoms with Crippen molar-refractivity contribution in [1.82, 2.24) is 5.32 Å². The van der Waals surface area contributed by atoms with Gasteiger partial charge in [0.2, 0.25) is 0 Å². The van der Waals surface area contributed by atoms with Crippen LogP contribution in [0.3, 0.4) is 0 Å². The van der Waals surface area contributed by atoms with Crippen LogP contribution >= 0.6 is 0 Å². The summed E-state index contributed by atoms with van der Waals surface area (Å²) < 4.78 is 15.3. The molecule has 1 aromatic carbocycles. The van der Waals surface area contributed by atoms with Crippen LogP contribution < -0.4 is 14.8 Å². The van der Waals surface area contributed by atoms with Gasteiger partial charge in [0.25, 0.3) is 5.91 Å². The highest BCUT2D eigenvalue weighted by molar-refractivity contribution is 5.77. The van der Waals surface area contributed by atoms with Crippen LogP contribution in [0.2, 0.25) is 0 Å². The predicted octanol–water partition coefficient (Wildman–Crippen LogP) is 0.680. The van der Waals surface area contributed by atoms with E-state index in [2.05, 4.69) is 5.32 Å². The average molecular weight is 297 g/mol. The molecule has 0 aliphatic rings. The average Bonchev–Trinajstić information content (AvgIpc) is 2.49. The Labute approximate surface area is 122 Å². The molecule has 1 atom stereocenters. The van der Waals surface area contributed by atoms with Gasteiger partial charge >= 0.3 is 5.97 Å². The Morgan fingerprint density at radius 1 is 1.33 bits per heavy atom. The predicted molar refractivity (Wildman–Crippen MR) is 74.5 cm³/mol. The lowest BCUT2D eigenvalue weighted by Crippen LogP contribution is -2.33. The molecule has 7 heteroatoms. The number of aliphatic carboxylic acids is 1. The number of amides is 1. The monoisotopic (exact) mass is 297 g/mol. The Balaban J connectivity index is 2.20. The van der Waals surface area contributed by atoms with Crippen LogP contribution in [-0.2, 0) is 14.3 Å². The first kappa shape index (κ1) is 16.8. The fourth-order valence-corrected chi connectivity index (χ4v) is 1.39. The van der Waals surface area contributed by atoms with Gasteiger partial charge in [0.1, 0.15) is 11.5 Å². The van der Waals surface area contributed by atoms with E-state index in [-0.39, 0.29) is 25.7 Å². The number of ether oxygens (including phenoxy) is 3. The number of hydrogen-bond donors (Lipinski definition) is 2. The van der Waals surface area contributed by atoms with Crippen molar-refractivity contribution in [2.45, 2.75) is 13.0 Å². The molecular formula is C14H19NO6. The Morgan fingerprint density at radius 3 is 2.71 bits per heavy atom. The van der Waals surface area contributed by atoms with Crippen molar-refractivity contribution in [3.63, 3.8) is 0 Å². The molecule has 1 aromatic rings. The third kappa shape index (κ3) is 6.62. The van der Waals surface area contributed by atoms with E-state index in [4.69, 9.17) is 19.3 Å². The molecule has 0 bridgehead atoms.